The van der Waals surface area contributed by atoms with Gasteiger partial charge in [-0.05, 0) is 48.7 Å². The fourth-order valence-electron chi connectivity index (χ4n) is 3.14. The van der Waals surface area contributed by atoms with Crippen molar-refractivity contribution < 1.29 is 19.2 Å². The molecule has 0 radical (unpaired) electrons. The molecule has 3 rings (SSSR count). The van der Waals surface area contributed by atoms with Crippen molar-refractivity contribution in [1.82, 2.24) is 15.8 Å². The number of carbonyl (C=O) groups is 4. The monoisotopic (exact) mass is 457 g/mol. The first-order valence-electron chi connectivity index (χ1n) is 9.12. The maximum Gasteiger partial charge on any atom is 0.269 e. The quantitative estimate of drug-likeness (QED) is 0.532. The Kier molecular flexibility index (Phi) is 6.12. The van der Waals surface area contributed by atoms with Crippen LogP contribution in [-0.4, -0.2) is 34.6 Å². The van der Waals surface area contributed by atoms with Gasteiger partial charge in [-0.1, -0.05) is 41.9 Å². The molecular formula is C21H20BrN3O4. The minimum atomic E-state index is -1.03. The summed E-state index contributed by atoms with van der Waals surface area (Å²) in [7, 11) is 0. The van der Waals surface area contributed by atoms with Crippen LogP contribution in [0.5, 0.6) is 0 Å². The molecule has 4 amide bonds. The van der Waals surface area contributed by atoms with Crippen LogP contribution in [0, 0.1) is 5.92 Å². The smallest absolute Gasteiger partial charge is 0.269 e. The number of nitrogens with one attached hydrogen (secondary N) is 2. The molecule has 0 unspecified atom stereocenters. The molecule has 2 aromatic carbocycles. The normalized spacial score (nSPS) is 14.0. The van der Waals surface area contributed by atoms with E-state index in [-0.39, 0.29) is 23.5 Å². The molecule has 0 aromatic heterocycles. The standard InChI is InChI=1S/C21H20BrN3O4/c1-12(2)11-17(25-20(28)15-5-3-4-6-16(15)21(25)29)19(27)24-23-18(26)13-7-9-14(22)10-8-13/h3-10,12,17H,11H2,1-2H3,(H,23,26)(H,24,27)/t17-/m1/s1. The van der Waals surface area contributed by atoms with Crippen LogP contribution in [0.15, 0.2) is 53.0 Å². The summed E-state index contributed by atoms with van der Waals surface area (Å²) in [6.45, 7) is 3.78. The molecule has 1 aliphatic rings. The second-order valence-electron chi connectivity index (χ2n) is 7.12. The van der Waals surface area contributed by atoms with E-state index in [9.17, 15) is 19.2 Å². The molecule has 1 aliphatic heterocycles. The van der Waals surface area contributed by atoms with Crippen LogP contribution in [-0.2, 0) is 4.79 Å². The first-order valence-corrected chi connectivity index (χ1v) is 9.91. The fourth-order valence-corrected chi connectivity index (χ4v) is 3.41. The number of hydrazine groups is 1. The number of fused-ring (bicyclic) bond motifs is 1. The highest BCUT2D eigenvalue weighted by Crippen LogP contribution is 2.26. The van der Waals surface area contributed by atoms with Crippen molar-refractivity contribution >= 4 is 39.6 Å². The lowest BCUT2D eigenvalue weighted by atomic mass is 10.0. The zero-order valence-corrected chi connectivity index (χ0v) is 17.5. The molecule has 8 heteroatoms. The first kappa shape index (κ1) is 20.7. The van der Waals surface area contributed by atoms with E-state index in [1.165, 1.54) is 0 Å². The number of rotatable bonds is 5. The van der Waals surface area contributed by atoms with Crippen LogP contribution < -0.4 is 10.9 Å². The summed E-state index contributed by atoms with van der Waals surface area (Å²) in [5.74, 6) is -2.11. The Bertz CT molecular complexity index is 937. The van der Waals surface area contributed by atoms with Crippen molar-refractivity contribution in [3.8, 4) is 0 Å². The summed E-state index contributed by atoms with van der Waals surface area (Å²) >= 11 is 3.29. The van der Waals surface area contributed by atoms with E-state index in [0.717, 1.165) is 9.37 Å². The van der Waals surface area contributed by atoms with Crippen molar-refractivity contribution in [2.45, 2.75) is 26.3 Å². The van der Waals surface area contributed by atoms with Gasteiger partial charge in [0.2, 0.25) is 0 Å². The number of amides is 4. The van der Waals surface area contributed by atoms with Gasteiger partial charge in [0.15, 0.2) is 0 Å². The fraction of sp³-hybridized carbons (Fsp3) is 0.238. The van der Waals surface area contributed by atoms with E-state index in [4.69, 9.17) is 0 Å². The van der Waals surface area contributed by atoms with Crippen molar-refractivity contribution in [3.05, 3.63) is 69.7 Å². The molecule has 1 atom stereocenters. The van der Waals surface area contributed by atoms with Gasteiger partial charge in [0.25, 0.3) is 23.6 Å². The summed E-state index contributed by atoms with van der Waals surface area (Å²) in [6.07, 6.45) is 0.269. The SMILES string of the molecule is CC(C)C[C@H](C(=O)NNC(=O)c1ccc(Br)cc1)N1C(=O)c2ccccc2C1=O. The minimum Gasteiger partial charge on any atom is -0.271 e. The second kappa shape index (κ2) is 8.57. The molecule has 0 aliphatic carbocycles. The summed E-state index contributed by atoms with van der Waals surface area (Å²) in [6, 6.07) is 12.0. The number of hydrogen-bond acceptors (Lipinski definition) is 4. The van der Waals surface area contributed by atoms with E-state index in [0.29, 0.717) is 5.56 Å². The van der Waals surface area contributed by atoms with E-state index in [1.54, 1.807) is 48.5 Å². The zero-order chi connectivity index (χ0) is 21.1. The Hall–Kier alpha value is -3.00. The Morgan fingerprint density at radius 2 is 1.48 bits per heavy atom. The topological polar surface area (TPSA) is 95.6 Å². The third-order valence-corrected chi connectivity index (χ3v) is 5.07. The van der Waals surface area contributed by atoms with Crippen LogP contribution in [0.4, 0.5) is 0 Å². The molecule has 0 saturated heterocycles. The van der Waals surface area contributed by atoms with Gasteiger partial charge in [-0.25, -0.2) is 0 Å². The van der Waals surface area contributed by atoms with Crippen molar-refractivity contribution in [2.24, 2.45) is 5.92 Å². The summed E-state index contributed by atoms with van der Waals surface area (Å²) < 4.78 is 0.820. The van der Waals surface area contributed by atoms with Crippen molar-refractivity contribution in [2.75, 3.05) is 0 Å². The van der Waals surface area contributed by atoms with Crippen molar-refractivity contribution in [1.29, 1.82) is 0 Å². The van der Waals surface area contributed by atoms with Gasteiger partial charge in [-0.3, -0.25) is 34.9 Å². The molecule has 0 spiro atoms. The molecule has 7 nitrogen and oxygen atoms in total. The maximum absolute atomic E-state index is 12.8. The van der Waals surface area contributed by atoms with Crippen LogP contribution >= 0.6 is 15.9 Å². The molecule has 2 N–H and O–H groups in total. The molecule has 0 fully saturated rings. The number of hydrogen-bond donors (Lipinski definition) is 2. The molecule has 0 bridgehead atoms. The first-order chi connectivity index (χ1) is 13.8. The lowest BCUT2D eigenvalue weighted by Gasteiger charge is -2.26. The van der Waals surface area contributed by atoms with E-state index in [2.05, 4.69) is 26.8 Å². The highest BCUT2D eigenvalue weighted by Gasteiger charge is 2.42. The highest BCUT2D eigenvalue weighted by atomic mass is 79.9. The molecule has 1 heterocycles. The number of carbonyl (C=O) groups excluding carboxylic acids is 4. The number of halogens is 1. The van der Waals surface area contributed by atoms with Crippen LogP contribution in [0.25, 0.3) is 0 Å². The second-order valence-corrected chi connectivity index (χ2v) is 8.04. The van der Waals surface area contributed by atoms with Gasteiger partial charge in [-0.15, -0.1) is 0 Å². The Morgan fingerprint density at radius 1 is 0.931 bits per heavy atom. The highest BCUT2D eigenvalue weighted by molar-refractivity contribution is 9.10. The average Bonchev–Trinajstić information content (AvgIpc) is 2.95. The van der Waals surface area contributed by atoms with Crippen LogP contribution in [0.2, 0.25) is 0 Å². The average molecular weight is 458 g/mol. The molecule has 2 aromatic rings. The minimum absolute atomic E-state index is 0.0391. The van der Waals surface area contributed by atoms with Gasteiger partial charge >= 0.3 is 0 Å². The van der Waals surface area contributed by atoms with Gasteiger partial charge in [0.05, 0.1) is 11.1 Å². The molecule has 150 valence electrons. The lowest BCUT2D eigenvalue weighted by molar-refractivity contribution is -0.126. The third kappa shape index (κ3) is 4.37. The van der Waals surface area contributed by atoms with Crippen LogP contribution in [0.1, 0.15) is 51.3 Å². The van der Waals surface area contributed by atoms with Crippen molar-refractivity contribution in [3.63, 3.8) is 0 Å². The van der Waals surface area contributed by atoms with Gasteiger partial charge in [0, 0.05) is 10.0 Å². The number of benzene rings is 2. The number of imide groups is 1. The number of nitrogens with zero attached hydrogens (tertiary/aromatic N) is 1. The Labute approximate surface area is 176 Å². The summed E-state index contributed by atoms with van der Waals surface area (Å²) in [5.41, 5.74) is 5.60. The van der Waals surface area contributed by atoms with Gasteiger partial charge in [0.1, 0.15) is 6.04 Å². The zero-order valence-electron chi connectivity index (χ0n) is 15.9. The Morgan fingerprint density at radius 3 is 2.00 bits per heavy atom. The largest absolute Gasteiger partial charge is 0.271 e. The third-order valence-electron chi connectivity index (χ3n) is 4.54. The molecule has 0 saturated carbocycles. The summed E-state index contributed by atoms with van der Waals surface area (Å²) in [5, 5.41) is 0. The predicted octanol–water partition coefficient (Wildman–Crippen LogP) is 2.92. The lowest BCUT2D eigenvalue weighted by Crippen LogP contribution is -2.54. The van der Waals surface area contributed by atoms with E-state index in [1.807, 2.05) is 13.8 Å². The van der Waals surface area contributed by atoms with Gasteiger partial charge in [-0.2, -0.15) is 0 Å². The molecule has 29 heavy (non-hydrogen) atoms. The summed E-state index contributed by atoms with van der Waals surface area (Å²) in [4.78, 5) is 51.6. The van der Waals surface area contributed by atoms with Gasteiger partial charge < -0.3 is 0 Å². The molecular weight excluding hydrogens is 438 g/mol. The van der Waals surface area contributed by atoms with Crippen LogP contribution in [0.3, 0.4) is 0 Å². The predicted molar refractivity (Wildman–Crippen MR) is 110 cm³/mol. The van der Waals surface area contributed by atoms with E-state index < -0.39 is 29.7 Å². The van der Waals surface area contributed by atoms with E-state index >= 15 is 0 Å². The Balaban J connectivity index is 1.76. The maximum atomic E-state index is 12.8.